The normalized spacial score (nSPS) is 13.0. The van der Waals surface area contributed by atoms with Gasteiger partial charge in [-0.3, -0.25) is 0 Å². The quantitative estimate of drug-likeness (QED) is 0.170. The summed E-state index contributed by atoms with van der Waals surface area (Å²) in [7, 11) is 0. The first-order valence-corrected chi connectivity index (χ1v) is 19.1. The van der Waals surface area contributed by atoms with E-state index in [9.17, 15) is 0 Å². The molecule has 268 valence electrons. The summed E-state index contributed by atoms with van der Waals surface area (Å²) in [6.45, 7) is 0. The lowest BCUT2D eigenvalue weighted by Crippen LogP contribution is -2.28. The first-order chi connectivity index (χ1) is 28.2. The summed E-state index contributed by atoms with van der Waals surface area (Å²) in [6.07, 6.45) is 0. The monoisotopic (exact) mass is 731 g/mol. The molecule has 2 aliphatic rings. The van der Waals surface area contributed by atoms with Crippen LogP contribution in [0.3, 0.4) is 0 Å². The molecule has 0 unspecified atom stereocenters. The smallest absolute Gasteiger partial charge is 0.170 e. The molecule has 0 radical (unpaired) electrons. The van der Waals surface area contributed by atoms with Crippen molar-refractivity contribution in [1.29, 1.82) is 0 Å². The molecule has 0 spiro atoms. The van der Waals surface area contributed by atoms with Crippen LogP contribution in [0.5, 0.6) is 23.0 Å². The van der Waals surface area contributed by atoms with Crippen molar-refractivity contribution in [2.24, 2.45) is 0 Å². The number of fused-ring (bicyclic) bond motifs is 5. The minimum atomic E-state index is -0.529. The van der Waals surface area contributed by atoms with Gasteiger partial charge in [-0.1, -0.05) is 176 Å². The van der Waals surface area contributed by atoms with Crippen LogP contribution in [-0.2, 0) is 5.41 Å². The molecule has 11 rings (SSSR count). The number of nitrogens with zero attached hydrogens (tertiary/aromatic N) is 3. The molecule has 0 N–H and O–H groups in total. The minimum Gasteiger partial charge on any atom is -0.449 e. The zero-order valence-electron chi connectivity index (χ0n) is 30.7. The van der Waals surface area contributed by atoms with E-state index in [1.54, 1.807) is 0 Å². The summed E-state index contributed by atoms with van der Waals surface area (Å²) in [5, 5.41) is 0. The Bertz CT molecular complexity index is 2840. The maximum absolute atomic E-state index is 6.78. The van der Waals surface area contributed by atoms with Gasteiger partial charge in [-0.2, -0.15) is 0 Å². The molecule has 2 heterocycles. The van der Waals surface area contributed by atoms with E-state index < -0.39 is 5.41 Å². The van der Waals surface area contributed by atoms with Crippen LogP contribution in [0.2, 0.25) is 0 Å². The van der Waals surface area contributed by atoms with Gasteiger partial charge >= 0.3 is 0 Å². The Morgan fingerprint density at radius 1 is 0.298 bits per heavy atom. The Balaban J connectivity index is 0.958. The van der Waals surface area contributed by atoms with Gasteiger partial charge in [-0.05, 0) is 68.8 Å². The summed E-state index contributed by atoms with van der Waals surface area (Å²) < 4.78 is 13.4. The van der Waals surface area contributed by atoms with Crippen molar-refractivity contribution in [1.82, 2.24) is 15.0 Å². The molecule has 0 bridgehead atoms. The van der Waals surface area contributed by atoms with E-state index in [1.165, 1.54) is 27.8 Å². The summed E-state index contributed by atoms with van der Waals surface area (Å²) in [5.41, 5.74) is 11.5. The fraction of sp³-hybridized carbons (Fsp3) is 0.0192. The second-order valence-corrected chi connectivity index (χ2v) is 14.4. The highest BCUT2D eigenvalue weighted by molar-refractivity contribution is 5.88. The van der Waals surface area contributed by atoms with Crippen LogP contribution in [0, 0.1) is 0 Å². The third kappa shape index (κ3) is 5.43. The second kappa shape index (κ2) is 13.3. The van der Waals surface area contributed by atoms with Crippen molar-refractivity contribution in [3.05, 3.63) is 222 Å². The molecule has 8 aromatic carbocycles. The lowest BCUT2D eigenvalue weighted by molar-refractivity contribution is 0.359. The lowest BCUT2D eigenvalue weighted by atomic mass is 9.67. The van der Waals surface area contributed by atoms with Gasteiger partial charge in [0.15, 0.2) is 40.5 Å². The third-order valence-electron chi connectivity index (χ3n) is 11.1. The van der Waals surface area contributed by atoms with E-state index in [-0.39, 0.29) is 0 Å². The standard InChI is InChI=1S/C52H33N3O2/c1-5-15-35(16-6-1)49-53-50(36-17-7-2-8-18-36)55-51(54-49)37-27-25-34(26-28-37)38-29-30-45-46(31-38)57-48-33-44-42(32-47(48)56-45)41-23-13-14-24-43(41)52(44,39-19-9-3-10-20-39)40-21-11-4-12-22-40/h1-33H. The molecule has 0 saturated carbocycles. The van der Waals surface area contributed by atoms with Crippen LogP contribution in [0.4, 0.5) is 0 Å². The fourth-order valence-electron chi connectivity index (χ4n) is 8.45. The first kappa shape index (κ1) is 32.8. The van der Waals surface area contributed by atoms with Gasteiger partial charge in [-0.15, -0.1) is 0 Å². The van der Waals surface area contributed by atoms with Crippen LogP contribution in [0.15, 0.2) is 200 Å². The largest absolute Gasteiger partial charge is 0.449 e. The molecular formula is C52H33N3O2. The Hall–Kier alpha value is -7.63. The number of hydrogen-bond donors (Lipinski definition) is 0. The Morgan fingerprint density at radius 3 is 1.33 bits per heavy atom. The maximum atomic E-state index is 6.78. The zero-order chi connectivity index (χ0) is 37.8. The average molecular weight is 732 g/mol. The summed E-state index contributed by atoms with van der Waals surface area (Å²) >= 11 is 0. The highest BCUT2D eigenvalue weighted by Gasteiger charge is 2.47. The minimum absolute atomic E-state index is 0.529. The van der Waals surface area contributed by atoms with Crippen molar-refractivity contribution in [3.8, 4) is 79.4 Å². The Kier molecular flexibility index (Phi) is 7.64. The van der Waals surface area contributed by atoms with E-state index in [1.807, 2.05) is 66.7 Å². The van der Waals surface area contributed by atoms with E-state index in [0.717, 1.165) is 33.4 Å². The molecule has 1 aliphatic heterocycles. The van der Waals surface area contributed by atoms with E-state index in [0.29, 0.717) is 40.5 Å². The molecule has 0 atom stereocenters. The lowest BCUT2D eigenvalue weighted by Gasteiger charge is -2.34. The molecule has 0 saturated heterocycles. The van der Waals surface area contributed by atoms with Gasteiger partial charge in [-0.25, -0.2) is 15.0 Å². The van der Waals surface area contributed by atoms with E-state index >= 15 is 0 Å². The zero-order valence-corrected chi connectivity index (χ0v) is 30.7. The molecule has 9 aromatic rings. The maximum Gasteiger partial charge on any atom is 0.170 e. The number of rotatable bonds is 6. The summed E-state index contributed by atoms with van der Waals surface area (Å²) in [6, 6.07) is 69.1. The van der Waals surface area contributed by atoms with Crippen molar-refractivity contribution >= 4 is 0 Å². The SMILES string of the molecule is c1ccc(-c2nc(-c3ccccc3)nc(-c3ccc(-c4ccc5c(c4)Oc4cc6c(cc4O5)-c4ccccc4C6(c4ccccc4)c4ccccc4)cc3)n2)cc1. The van der Waals surface area contributed by atoms with Gasteiger partial charge in [0.1, 0.15) is 0 Å². The third-order valence-corrected chi connectivity index (χ3v) is 11.1. The van der Waals surface area contributed by atoms with E-state index in [2.05, 4.69) is 133 Å². The number of aromatic nitrogens is 3. The van der Waals surface area contributed by atoms with Crippen molar-refractivity contribution in [2.75, 3.05) is 0 Å². The summed E-state index contributed by atoms with van der Waals surface area (Å²) in [4.78, 5) is 14.7. The number of ether oxygens (including phenoxy) is 2. The first-order valence-electron chi connectivity index (χ1n) is 19.1. The molecule has 57 heavy (non-hydrogen) atoms. The molecule has 0 amide bonds. The van der Waals surface area contributed by atoms with Crippen LogP contribution in [0.25, 0.3) is 56.4 Å². The topological polar surface area (TPSA) is 57.1 Å². The molecule has 1 aliphatic carbocycles. The predicted molar refractivity (Wildman–Crippen MR) is 225 cm³/mol. The van der Waals surface area contributed by atoms with Crippen molar-refractivity contribution in [2.45, 2.75) is 5.41 Å². The van der Waals surface area contributed by atoms with Crippen molar-refractivity contribution in [3.63, 3.8) is 0 Å². The average Bonchev–Trinajstić information content (AvgIpc) is 3.58. The van der Waals surface area contributed by atoms with Crippen LogP contribution >= 0.6 is 0 Å². The fourth-order valence-corrected chi connectivity index (χ4v) is 8.45. The molecule has 1 aromatic heterocycles. The molecule has 5 nitrogen and oxygen atoms in total. The van der Waals surface area contributed by atoms with Gasteiger partial charge < -0.3 is 9.47 Å². The van der Waals surface area contributed by atoms with Gasteiger partial charge in [0.25, 0.3) is 0 Å². The van der Waals surface area contributed by atoms with Gasteiger partial charge in [0.2, 0.25) is 0 Å². The number of hydrogen-bond acceptors (Lipinski definition) is 5. The molecular weight excluding hydrogens is 699 g/mol. The van der Waals surface area contributed by atoms with Crippen LogP contribution < -0.4 is 9.47 Å². The van der Waals surface area contributed by atoms with E-state index in [4.69, 9.17) is 24.4 Å². The van der Waals surface area contributed by atoms with Crippen molar-refractivity contribution < 1.29 is 9.47 Å². The molecule has 0 fully saturated rings. The summed E-state index contributed by atoms with van der Waals surface area (Å²) in [5.74, 6) is 4.62. The highest BCUT2D eigenvalue weighted by Crippen LogP contribution is 2.59. The second-order valence-electron chi connectivity index (χ2n) is 14.4. The van der Waals surface area contributed by atoms with Crippen LogP contribution in [-0.4, -0.2) is 15.0 Å². The Morgan fingerprint density at radius 2 is 0.737 bits per heavy atom. The highest BCUT2D eigenvalue weighted by atomic mass is 16.6. The Labute approximate surface area is 330 Å². The predicted octanol–water partition coefficient (Wildman–Crippen LogP) is 12.8. The van der Waals surface area contributed by atoms with Crippen LogP contribution in [0.1, 0.15) is 22.3 Å². The van der Waals surface area contributed by atoms with Gasteiger partial charge in [0, 0.05) is 16.7 Å². The number of benzene rings is 8. The van der Waals surface area contributed by atoms with Gasteiger partial charge in [0.05, 0.1) is 5.41 Å². The molecule has 5 heteroatoms.